The van der Waals surface area contributed by atoms with Gasteiger partial charge in [0.1, 0.15) is 0 Å². The highest BCUT2D eigenvalue weighted by atomic mass is 16.1. The molecule has 204 valence electrons. The van der Waals surface area contributed by atoms with Crippen LogP contribution in [0.25, 0.3) is 0 Å². The lowest BCUT2D eigenvalue weighted by Crippen LogP contribution is -2.48. The minimum absolute atomic E-state index is 0.0669. The van der Waals surface area contributed by atoms with E-state index >= 15 is 0 Å². The lowest BCUT2D eigenvalue weighted by atomic mass is 9.88. The molecule has 0 aromatic heterocycles. The first kappa shape index (κ1) is 26.5. The zero-order valence-electron chi connectivity index (χ0n) is 23.2. The Kier molecular flexibility index (Phi) is 8.36. The van der Waals surface area contributed by atoms with Gasteiger partial charge in [-0.05, 0) is 59.7 Å². The molecule has 4 nitrogen and oxygen atoms in total. The summed E-state index contributed by atoms with van der Waals surface area (Å²) in [6, 6.07) is 39.6. The van der Waals surface area contributed by atoms with Gasteiger partial charge in [0.2, 0.25) is 0 Å². The van der Waals surface area contributed by atoms with Gasteiger partial charge in [0.15, 0.2) is 0 Å². The van der Waals surface area contributed by atoms with Crippen LogP contribution in [0.2, 0.25) is 0 Å². The lowest BCUT2D eigenvalue weighted by Gasteiger charge is -2.40. The van der Waals surface area contributed by atoms with E-state index in [1.54, 1.807) is 0 Å². The average Bonchev–Trinajstić information content (AvgIpc) is 3.02. The molecule has 40 heavy (non-hydrogen) atoms. The maximum absolute atomic E-state index is 12.5. The SMILES string of the molecule is O=C1NCCc2ccc(CC(c3ccccc3)N3CCN(CCC(c4ccccc4)c4ccccc4)CC3)cc21. The summed E-state index contributed by atoms with van der Waals surface area (Å²) in [5.74, 6) is 0.482. The van der Waals surface area contributed by atoms with E-state index in [1.165, 1.54) is 27.8 Å². The number of carbonyl (C=O) groups excluding carboxylic acids is 1. The van der Waals surface area contributed by atoms with Gasteiger partial charge >= 0.3 is 0 Å². The summed E-state index contributed by atoms with van der Waals surface area (Å²) in [5.41, 5.74) is 7.41. The summed E-state index contributed by atoms with van der Waals surface area (Å²) in [7, 11) is 0. The number of benzene rings is 4. The first-order valence-corrected chi connectivity index (χ1v) is 14.8. The van der Waals surface area contributed by atoms with Crippen LogP contribution in [0, 0.1) is 0 Å². The van der Waals surface area contributed by atoms with Crippen LogP contribution in [0.3, 0.4) is 0 Å². The molecule has 0 bridgehead atoms. The number of carbonyl (C=O) groups is 1. The molecule has 1 fully saturated rings. The molecule has 1 saturated heterocycles. The minimum Gasteiger partial charge on any atom is -0.352 e. The first-order valence-electron chi connectivity index (χ1n) is 14.8. The molecule has 0 radical (unpaired) electrons. The van der Waals surface area contributed by atoms with Crippen molar-refractivity contribution >= 4 is 5.91 Å². The van der Waals surface area contributed by atoms with Crippen LogP contribution in [0.4, 0.5) is 0 Å². The average molecular weight is 530 g/mol. The Morgan fingerprint density at radius 2 is 1.30 bits per heavy atom. The fourth-order valence-electron chi connectivity index (χ4n) is 6.45. The Labute approximate surface area is 238 Å². The molecule has 2 aliphatic heterocycles. The Bertz CT molecular complexity index is 1340. The van der Waals surface area contributed by atoms with E-state index in [0.717, 1.165) is 64.1 Å². The highest BCUT2D eigenvalue weighted by Gasteiger charge is 2.27. The molecule has 4 heteroatoms. The quantitative estimate of drug-likeness (QED) is 0.285. The van der Waals surface area contributed by atoms with Gasteiger partial charge < -0.3 is 10.2 Å². The lowest BCUT2D eigenvalue weighted by molar-refractivity contribution is 0.0935. The number of hydrogen-bond donors (Lipinski definition) is 1. The molecule has 1 amide bonds. The molecule has 2 aliphatic rings. The summed E-state index contributed by atoms with van der Waals surface area (Å²) < 4.78 is 0. The van der Waals surface area contributed by atoms with E-state index in [1.807, 2.05) is 0 Å². The second-order valence-electron chi connectivity index (χ2n) is 11.2. The van der Waals surface area contributed by atoms with Crippen LogP contribution in [0.15, 0.2) is 109 Å². The summed E-state index contributed by atoms with van der Waals surface area (Å²) >= 11 is 0. The van der Waals surface area contributed by atoms with Crippen molar-refractivity contribution in [2.24, 2.45) is 0 Å². The van der Waals surface area contributed by atoms with Crippen molar-refractivity contribution in [3.05, 3.63) is 143 Å². The maximum Gasteiger partial charge on any atom is 0.251 e. The van der Waals surface area contributed by atoms with E-state index in [9.17, 15) is 4.79 Å². The molecule has 2 heterocycles. The number of rotatable bonds is 9. The van der Waals surface area contributed by atoms with Gasteiger partial charge in [0.05, 0.1) is 0 Å². The normalized spacial score (nSPS) is 16.9. The third-order valence-corrected chi connectivity index (χ3v) is 8.70. The topological polar surface area (TPSA) is 35.6 Å². The Morgan fingerprint density at radius 3 is 1.93 bits per heavy atom. The fraction of sp³-hybridized carbons (Fsp3) is 0.306. The second-order valence-corrected chi connectivity index (χ2v) is 11.2. The molecule has 6 rings (SSSR count). The van der Waals surface area contributed by atoms with Crippen LogP contribution < -0.4 is 5.32 Å². The van der Waals surface area contributed by atoms with Gasteiger partial charge in [-0.15, -0.1) is 0 Å². The summed E-state index contributed by atoms with van der Waals surface area (Å²) in [6.45, 7) is 6.08. The molecule has 1 N–H and O–H groups in total. The van der Waals surface area contributed by atoms with Crippen molar-refractivity contribution in [1.82, 2.24) is 15.1 Å². The van der Waals surface area contributed by atoms with Crippen molar-refractivity contribution in [2.45, 2.75) is 31.2 Å². The summed E-state index contributed by atoms with van der Waals surface area (Å²) in [5, 5.41) is 3.00. The van der Waals surface area contributed by atoms with Gasteiger partial charge in [0.25, 0.3) is 5.91 Å². The predicted octanol–water partition coefficient (Wildman–Crippen LogP) is 6.10. The van der Waals surface area contributed by atoms with E-state index in [0.29, 0.717) is 12.0 Å². The molecular weight excluding hydrogens is 490 g/mol. The summed E-state index contributed by atoms with van der Waals surface area (Å²) in [6.07, 6.45) is 2.95. The number of amides is 1. The number of piperazine rings is 1. The number of hydrogen-bond acceptors (Lipinski definition) is 3. The molecule has 1 atom stereocenters. The smallest absolute Gasteiger partial charge is 0.251 e. The maximum atomic E-state index is 12.5. The van der Waals surface area contributed by atoms with Gasteiger partial charge in [-0.25, -0.2) is 0 Å². The van der Waals surface area contributed by atoms with Crippen molar-refractivity contribution in [3.63, 3.8) is 0 Å². The first-order chi connectivity index (χ1) is 19.7. The van der Waals surface area contributed by atoms with E-state index in [-0.39, 0.29) is 5.91 Å². The van der Waals surface area contributed by atoms with Crippen LogP contribution in [-0.4, -0.2) is 55.0 Å². The third kappa shape index (κ3) is 6.19. The molecule has 1 unspecified atom stereocenters. The van der Waals surface area contributed by atoms with Crippen LogP contribution in [-0.2, 0) is 12.8 Å². The number of nitrogens with zero attached hydrogens (tertiary/aromatic N) is 2. The largest absolute Gasteiger partial charge is 0.352 e. The van der Waals surface area contributed by atoms with Gasteiger partial charge in [-0.2, -0.15) is 0 Å². The monoisotopic (exact) mass is 529 g/mol. The van der Waals surface area contributed by atoms with Crippen LogP contribution >= 0.6 is 0 Å². The molecule has 0 spiro atoms. The summed E-state index contributed by atoms with van der Waals surface area (Å²) in [4.78, 5) is 17.8. The minimum atomic E-state index is 0.0669. The molecule has 4 aromatic rings. The molecule has 0 saturated carbocycles. The zero-order valence-corrected chi connectivity index (χ0v) is 23.2. The Balaban J connectivity index is 1.13. The standard InChI is InChI=1S/C36H39N3O/c40-36-34-26-28(16-17-31(34)18-20-37-36)27-35(32-14-8-3-9-15-32)39-24-22-38(23-25-39)21-19-33(29-10-4-1-5-11-29)30-12-6-2-7-13-30/h1-17,26,33,35H,18-25,27H2,(H,37,40). The molecular formula is C36H39N3O. The van der Waals surface area contributed by atoms with Gasteiger partial charge in [-0.1, -0.05) is 103 Å². The Hall–Kier alpha value is -3.73. The van der Waals surface area contributed by atoms with Crippen molar-refractivity contribution < 1.29 is 4.79 Å². The van der Waals surface area contributed by atoms with E-state index in [2.05, 4.69) is 124 Å². The molecule has 4 aromatic carbocycles. The van der Waals surface area contributed by atoms with Crippen molar-refractivity contribution in [1.29, 1.82) is 0 Å². The second kappa shape index (κ2) is 12.6. The van der Waals surface area contributed by atoms with Gasteiger partial charge in [0, 0.05) is 50.2 Å². The third-order valence-electron chi connectivity index (χ3n) is 8.70. The Morgan fingerprint density at radius 1 is 0.700 bits per heavy atom. The van der Waals surface area contributed by atoms with Gasteiger partial charge in [-0.3, -0.25) is 9.69 Å². The highest BCUT2D eigenvalue weighted by Crippen LogP contribution is 2.30. The van der Waals surface area contributed by atoms with E-state index in [4.69, 9.17) is 0 Å². The predicted molar refractivity (Wildman–Crippen MR) is 163 cm³/mol. The highest BCUT2D eigenvalue weighted by molar-refractivity contribution is 5.96. The fourth-order valence-corrected chi connectivity index (χ4v) is 6.45. The molecule has 0 aliphatic carbocycles. The van der Waals surface area contributed by atoms with E-state index < -0.39 is 0 Å². The van der Waals surface area contributed by atoms with Crippen molar-refractivity contribution in [3.8, 4) is 0 Å². The number of nitrogens with one attached hydrogen (secondary N) is 1. The zero-order chi connectivity index (χ0) is 27.1. The van der Waals surface area contributed by atoms with Crippen molar-refractivity contribution in [2.75, 3.05) is 39.3 Å². The van der Waals surface area contributed by atoms with Crippen LogP contribution in [0.5, 0.6) is 0 Å². The number of fused-ring (bicyclic) bond motifs is 1. The van der Waals surface area contributed by atoms with Crippen LogP contribution in [0.1, 0.15) is 56.6 Å².